The van der Waals surface area contributed by atoms with Gasteiger partial charge in [-0.1, -0.05) is 38.8 Å². The summed E-state index contributed by atoms with van der Waals surface area (Å²) in [6, 6.07) is 2.27. The van der Waals surface area contributed by atoms with Crippen LogP contribution in [0.5, 0.6) is 0 Å². The van der Waals surface area contributed by atoms with Crippen LogP contribution in [0, 0.1) is 13.8 Å². The van der Waals surface area contributed by atoms with Crippen LogP contribution in [0.25, 0.3) is 28.1 Å². The van der Waals surface area contributed by atoms with Gasteiger partial charge in [0.1, 0.15) is 0 Å². The maximum absolute atomic E-state index is 16.5. The van der Waals surface area contributed by atoms with Crippen LogP contribution in [0.3, 0.4) is 0 Å². The van der Waals surface area contributed by atoms with E-state index in [-0.39, 0.29) is 13.8 Å². The number of dihydropyridines is 1. The van der Waals surface area contributed by atoms with Gasteiger partial charge in [-0.2, -0.15) is 0 Å². The summed E-state index contributed by atoms with van der Waals surface area (Å²) in [5, 5.41) is 4.48. The molecule has 0 spiro atoms. The number of nitrogens with zero attached hydrogens (tertiary/aromatic N) is 3. The summed E-state index contributed by atoms with van der Waals surface area (Å²) in [5.74, 6) is 0.928. The summed E-state index contributed by atoms with van der Waals surface area (Å²) >= 11 is 0.609. The third-order valence-electron chi connectivity index (χ3n) is 9.49. The fourth-order valence-corrected chi connectivity index (χ4v) is 8.56. The van der Waals surface area contributed by atoms with E-state index in [0.717, 1.165) is 86.6 Å². The Bertz CT molecular complexity index is 1960. The fraction of sp³-hybridized carbons (Fsp3) is 0.386. The van der Waals surface area contributed by atoms with Crippen LogP contribution in [0.15, 0.2) is 101 Å². The number of aromatic nitrogens is 1. The molecule has 0 bridgehead atoms. The minimum Gasteiger partial charge on any atom is -0.0870 e. The van der Waals surface area contributed by atoms with E-state index >= 15 is 4.39 Å². The van der Waals surface area contributed by atoms with Crippen LogP contribution < -0.4 is 5.32 Å². The van der Waals surface area contributed by atoms with Crippen molar-refractivity contribution < 1.29 is 30.5 Å². The molecule has 0 amide bonds. The molecule has 3 heterocycles. The van der Waals surface area contributed by atoms with Crippen molar-refractivity contribution >= 4 is 34.0 Å². The Balaban J connectivity index is 0.00000562. The van der Waals surface area contributed by atoms with Gasteiger partial charge in [-0.25, -0.2) is 0 Å². The third kappa shape index (κ3) is 7.59. The molecule has 0 fully saturated rings. The van der Waals surface area contributed by atoms with Gasteiger partial charge in [0.2, 0.25) is 0 Å². The van der Waals surface area contributed by atoms with Gasteiger partial charge in [0.05, 0.1) is 0 Å². The summed E-state index contributed by atoms with van der Waals surface area (Å²) in [6.07, 6.45) is 19.0. The molecule has 1 atom stereocenters. The van der Waals surface area contributed by atoms with Crippen molar-refractivity contribution in [3.8, 4) is 0 Å². The third-order valence-corrected chi connectivity index (χ3v) is 10.5. The SMILES string of the molecule is C.C=C1NC=CC=C1c1c(C(=C)C)n(CC2=CC3=C(CC2F)N=C(C)N(/C(=C\CC)C[C](C)(C)[Hg])C3=CCC)c2cc(C)c(/C=C\C)c(C)c12. The average Bonchev–Trinajstić information content (AvgIpc) is 3.33. The number of nitrogens with one attached hydrogen (secondary N) is 1. The molecular weight excluding hydrogens is 804 g/mol. The summed E-state index contributed by atoms with van der Waals surface area (Å²) in [7, 11) is 0. The van der Waals surface area contributed by atoms with Crippen molar-refractivity contribution in [2.75, 3.05) is 0 Å². The number of alkyl halides is 1. The van der Waals surface area contributed by atoms with E-state index in [2.05, 4.69) is 133 Å². The van der Waals surface area contributed by atoms with E-state index in [0.29, 0.717) is 35.6 Å². The Hall–Kier alpha value is -3.44. The van der Waals surface area contributed by atoms with Crippen LogP contribution in [-0.2, 0) is 32.7 Å². The molecule has 1 unspecified atom stereocenters. The number of allylic oxidation sites excluding steroid dienone is 11. The first-order valence-corrected chi connectivity index (χ1v) is 20.4. The number of benzene rings is 1. The average molecular weight is 861 g/mol. The number of aliphatic imine (C=N–C) groups is 1. The topological polar surface area (TPSA) is 32.6 Å². The number of rotatable bonds is 10. The summed E-state index contributed by atoms with van der Waals surface area (Å²) in [4.78, 5) is 7.43. The van der Waals surface area contributed by atoms with Crippen LogP contribution in [-0.4, -0.2) is 21.5 Å². The van der Waals surface area contributed by atoms with Gasteiger partial charge in [0, 0.05) is 17.5 Å². The molecule has 50 heavy (non-hydrogen) atoms. The van der Waals surface area contributed by atoms with Gasteiger partial charge < -0.3 is 5.32 Å². The van der Waals surface area contributed by atoms with Crippen LogP contribution in [0.4, 0.5) is 4.39 Å². The van der Waals surface area contributed by atoms with Crippen molar-refractivity contribution in [1.29, 1.82) is 0 Å². The molecule has 3 aliphatic rings. The molecule has 0 saturated carbocycles. The number of hydrogen-bond donors (Lipinski definition) is 1. The zero-order valence-electron chi connectivity index (χ0n) is 31.1. The Labute approximate surface area is 317 Å². The summed E-state index contributed by atoms with van der Waals surface area (Å²) < 4.78 is 19.1. The molecular formula is C44H56FHgN4. The van der Waals surface area contributed by atoms with E-state index in [1.54, 1.807) is 0 Å². The standard InChI is InChI=1S/C43H52FN4.CH4.Hg/c1-12-16-33(21-26(4)5)48-31(11)46-38-24-37(44)32(23-36(38)39(48)18-14-3)25-47-40-22-28(8)34(17-13-2)29(9)41(40)42(43(47)27(6)7)35-19-15-20-45-30(35)10;;/h13,15-20,22-23,37,45H,6,10,12,14,21,24-25H2,1-5,7-9,11H3;1H4;/b17-13-,33-16-,39-18?;;. The van der Waals surface area contributed by atoms with Gasteiger partial charge in [-0.3, -0.25) is 0 Å². The van der Waals surface area contributed by atoms with Gasteiger partial charge in [0.15, 0.2) is 0 Å². The maximum atomic E-state index is 16.5. The second-order valence-corrected chi connectivity index (χ2v) is 21.9. The minimum atomic E-state index is -1.14. The quantitative estimate of drug-likeness (QED) is 0.241. The van der Waals surface area contributed by atoms with Crippen LogP contribution in [0.2, 0.25) is 2.92 Å². The van der Waals surface area contributed by atoms with Crippen molar-refractivity contribution in [2.45, 2.75) is 111 Å². The molecule has 5 rings (SSSR count). The summed E-state index contributed by atoms with van der Waals surface area (Å²) in [6.45, 7) is 28.9. The second kappa shape index (κ2) is 15.8. The first-order chi connectivity index (χ1) is 23.2. The molecule has 0 saturated heterocycles. The molecule has 1 N–H and O–H groups in total. The Morgan fingerprint density at radius 1 is 1.20 bits per heavy atom. The normalized spacial score (nSPS) is 19.1. The molecule has 6 heteroatoms. The van der Waals surface area contributed by atoms with E-state index in [1.165, 1.54) is 22.4 Å². The first kappa shape index (κ1) is 39.3. The number of hydrogen-bond acceptors (Lipinski definition) is 3. The number of fused-ring (bicyclic) bond motifs is 1. The Morgan fingerprint density at radius 3 is 2.52 bits per heavy atom. The molecule has 261 valence electrons. The van der Waals surface area contributed by atoms with Crippen molar-refractivity contribution in [3.63, 3.8) is 0 Å². The Morgan fingerprint density at radius 2 is 1.92 bits per heavy atom. The molecule has 1 aromatic heterocycles. The smallest absolute Gasteiger partial charge is 0.0870 e. The van der Waals surface area contributed by atoms with E-state index in [1.807, 2.05) is 12.3 Å². The predicted octanol–water partition coefficient (Wildman–Crippen LogP) is 12.4. The number of halogens is 1. The molecule has 1 aliphatic carbocycles. The molecule has 0 radical (unpaired) electrons. The first-order valence-electron chi connectivity index (χ1n) is 17.7. The molecule has 1 aromatic carbocycles. The van der Waals surface area contributed by atoms with E-state index < -0.39 is 6.17 Å². The predicted molar refractivity (Wildman–Crippen MR) is 212 cm³/mol. The number of aryl methyl sites for hydroxylation is 2. The van der Waals surface area contributed by atoms with Crippen molar-refractivity contribution in [2.24, 2.45) is 4.99 Å². The van der Waals surface area contributed by atoms with E-state index in [9.17, 15) is 0 Å². The zero-order chi connectivity index (χ0) is 35.8. The second-order valence-electron chi connectivity index (χ2n) is 14.5. The van der Waals surface area contributed by atoms with Gasteiger partial charge in [-0.05, 0) is 50.5 Å². The monoisotopic (exact) mass is 861 g/mol. The molecule has 2 aromatic rings. The van der Waals surface area contributed by atoms with Gasteiger partial charge >= 0.3 is 207 Å². The minimum absolute atomic E-state index is 0. The molecule has 4 nitrogen and oxygen atoms in total. The Kier molecular flexibility index (Phi) is 12.5. The van der Waals surface area contributed by atoms with Crippen molar-refractivity contribution in [1.82, 2.24) is 14.8 Å². The zero-order valence-corrected chi connectivity index (χ0v) is 36.6. The molecule has 2 aliphatic heterocycles. The fourth-order valence-electron chi connectivity index (χ4n) is 7.57. The van der Waals surface area contributed by atoms with Crippen LogP contribution >= 0.6 is 0 Å². The van der Waals surface area contributed by atoms with E-state index in [4.69, 9.17) is 4.99 Å². The van der Waals surface area contributed by atoms with Gasteiger partial charge in [-0.15, -0.1) is 0 Å². The van der Waals surface area contributed by atoms with Crippen molar-refractivity contribution in [3.05, 3.63) is 124 Å². The van der Waals surface area contributed by atoms with Gasteiger partial charge in [0.25, 0.3) is 0 Å². The summed E-state index contributed by atoms with van der Waals surface area (Å²) in [5.41, 5.74) is 14.7. The number of amidine groups is 1. The van der Waals surface area contributed by atoms with Crippen LogP contribution in [0.1, 0.15) is 110 Å².